The molecule has 6 heteroatoms. The van der Waals surface area contributed by atoms with Crippen LogP contribution < -0.4 is 10.6 Å². The first-order valence-corrected chi connectivity index (χ1v) is 9.38. The van der Waals surface area contributed by atoms with Gasteiger partial charge in [-0.05, 0) is 56.7 Å². The summed E-state index contributed by atoms with van der Waals surface area (Å²) in [5.74, 6) is -0.212. The highest BCUT2D eigenvalue weighted by Crippen LogP contribution is 2.20. The second-order valence-electron chi connectivity index (χ2n) is 6.83. The molecule has 6 nitrogen and oxygen atoms in total. The Hall–Kier alpha value is -3.54. The predicted octanol–water partition coefficient (Wildman–Crippen LogP) is 4.69. The Kier molecular flexibility index (Phi) is 6.34. The van der Waals surface area contributed by atoms with E-state index in [0.29, 0.717) is 23.5 Å². The van der Waals surface area contributed by atoms with Crippen LogP contribution in [0.2, 0.25) is 0 Å². The Bertz CT molecular complexity index is 996. The maximum absolute atomic E-state index is 12.6. The summed E-state index contributed by atoms with van der Waals surface area (Å²) in [4.78, 5) is 25.1. The van der Waals surface area contributed by atoms with Crippen molar-refractivity contribution < 1.29 is 18.7 Å². The zero-order valence-corrected chi connectivity index (χ0v) is 16.7. The molecule has 1 amide bonds. The Morgan fingerprint density at radius 2 is 1.83 bits per heavy atom. The summed E-state index contributed by atoms with van der Waals surface area (Å²) in [7, 11) is 0. The summed E-state index contributed by atoms with van der Waals surface area (Å²) in [5, 5.41) is 5.96. The number of carbonyl (C=O) groups excluding carboxylic acids is 2. The summed E-state index contributed by atoms with van der Waals surface area (Å²) in [5.41, 5.74) is 3.72. The molecule has 0 spiro atoms. The summed E-state index contributed by atoms with van der Waals surface area (Å²) < 4.78 is 10.7. The van der Waals surface area contributed by atoms with Crippen molar-refractivity contribution in [2.24, 2.45) is 0 Å². The molecule has 3 aromatic rings. The molecule has 29 heavy (non-hydrogen) atoms. The average molecular weight is 392 g/mol. The summed E-state index contributed by atoms with van der Waals surface area (Å²) in [6, 6.07) is 16.4. The van der Waals surface area contributed by atoms with E-state index in [9.17, 15) is 9.59 Å². The second-order valence-corrected chi connectivity index (χ2v) is 6.83. The zero-order chi connectivity index (χ0) is 20.8. The van der Waals surface area contributed by atoms with Gasteiger partial charge < -0.3 is 19.8 Å². The molecule has 2 N–H and O–H groups in total. The van der Waals surface area contributed by atoms with Gasteiger partial charge in [0.15, 0.2) is 6.10 Å². The normalized spacial score (nSPS) is 11.6. The van der Waals surface area contributed by atoms with E-state index in [4.69, 9.17) is 9.15 Å². The quantitative estimate of drug-likeness (QED) is 0.570. The Labute approximate surface area is 169 Å². The minimum atomic E-state index is -0.943. The minimum Gasteiger partial charge on any atom is -0.467 e. The van der Waals surface area contributed by atoms with E-state index in [1.54, 1.807) is 37.5 Å². The van der Waals surface area contributed by atoms with E-state index in [1.807, 2.05) is 44.2 Å². The number of anilines is 2. The number of furan rings is 1. The smallest absolute Gasteiger partial charge is 0.341 e. The third kappa shape index (κ3) is 5.25. The standard InChI is InChI=1S/C23H24N2O4/c1-15-10-11-20(16(2)13-15)25-22(26)17(3)29-23(27)19-8-4-5-9-21(19)24-14-18-7-6-12-28-18/h4-13,17,24H,14H2,1-3H3,(H,25,26)/t17-/m0/s1. The number of rotatable bonds is 7. The van der Waals surface area contributed by atoms with Crippen LogP contribution in [0, 0.1) is 13.8 Å². The Morgan fingerprint density at radius 3 is 2.55 bits per heavy atom. The fourth-order valence-electron chi connectivity index (χ4n) is 2.88. The Balaban J connectivity index is 1.63. The van der Waals surface area contributed by atoms with Crippen molar-refractivity contribution in [3.63, 3.8) is 0 Å². The number of benzene rings is 2. The highest BCUT2D eigenvalue weighted by molar-refractivity contribution is 6.00. The van der Waals surface area contributed by atoms with Crippen molar-refractivity contribution in [2.45, 2.75) is 33.4 Å². The first-order valence-electron chi connectivity index (χ1n) is 9.38. The van der Waals surface area contributed by atoms with Crippen LogP contribution in [0.25, 0.3) is 0 Å². The topological polar surface area (TPSA) is 80.6 Å². The maximum Gasteiger partial charge on any atom is 0.341 e. The average Bonchev–Trinajstić information content (AvgIpc) is 3.22. The molecule has 0 radical (unpaired) electrons. The van der Waals surface area contributed by atoms with Gasteiger partial charge in [0.2, 0.25) is 0 Å². The zero-order valence-electron chi connectivity index (χ0n) is 16.7. The molecule has 3 rings (SSSR count). The van der Waals surface area contributed by atoms with E-state index in [-0.39, 0.29) is 5.91 Å². The lowest BCUT2D eigenvalue weighted by molar-refractivity contribution is -0.123. The molecule has 1 heterocycles. The largest absolute Gasteiger partial charge is 0.467 e. The molecule has 1 atom stereocenters. The SMILES string of the molecule is Cc1ccc(NC(=O)[C@H](C)OC(=O)c2ccccc2NCc2ccco2)c(C)c1. The summed E-state index contributed by atoms with van der Waals surface area (Å²) in [6.07, 6.45) is 0.647. The van der Waals surface area contributed by atoms with Crippen molar-refractivity contribution in [3.05, 3.63) is 83.3 Å². The van der Waals surface area contributed by atoms with Crippen LogP contribution in [0.3, 0.4) is 0 Å². The number of amides is 1. The van der Waals surface area contributed by atoms with E-state index in [1.165, 1.54) is 0 Å². The van der Waals surface area contributed by atoms with Crippen molar-refractivity contribution in [1.29, 1.82) is 0 Å². The van der Waals surface area contributed by atoms with E-state index in [0.717, 1.165) is 16.9 Å². The van der Waals surface area contributed by atoms with Gasteiger partial charge in [0.1, 0.15) is 5.76 Å². The highest BCUT2D eigenvalue weighted by Gasteiger charge is 2.21. The summed E-state index contributed by atoms with van der Waals surface area (Å²) >= 11 is 0. The van der Waals surface area contributed by atoms with Crippen LogP contribution in [0.5, 0.6) is 0 Å². The molecule has 0 bridgehead atoms. The van der Waals surface area contributed by atoms with Gasteiger partial charge in [-0.2, -0.15) is 0 Å². The Morgan fingerprint density at radius 1 is 1.03 bits per heavy atom. The monoisotopic (exact) mass is 392 g/mol. The fraction of sp³-hybridized carbons (Fsp3) is 0.217. The second kappa shape index (κ2) is 9.10. The van der Waals surface area contributed by atoms with Crippen LogP contribution in [-0.2, 0) is 16.1 Å². The number of carbonyl (C=O) groups is 2. The highest BCUT2D eigenvalue weighted by atomic mass is 16.5. The number of aryl methyl sites for hydroxylation is 2. The molecule has 0 saturated heterocycles. The third-order valence-electron chi connectivity index (χ3n) is 4.47. The van der Waals surface area contributed by atoms with E-state index < -0.39 is 12.1 Å². The van der Waals surface area contributed by atoms with Crippen molar-refractivity contribution in [1.82, 2.24) is 0 Å². The molecular formula is C23H24N2O4. The van der Waals surface area contributed by atoms with Crippen LogP contribution in [-0.4, -0.2) is 18.0 Å². The molecule has 1 aromatic heterocycles. The molecule has 0 aliphatic heterocycles. The lowest BCUT2D eigenvalue weighted by Gasteiger charge is -2.16. The van der Waals surface area contributed by atoms with E-state index >= 15 is 0 Å². The van der Waals surface area contributed by atoms with Gasteiger partial charge in [-0.1, -0.05) is 29.8 Å². The fourth-order valence-corrected chi connectivity index (χ4v) is 2.88. The molecule has 2 aromatic carbocycles. The number of nitrogens with one attached hydrogen (secondary N) is 2. The number of ether oxygens (including phenoxy) is 1. The molecule has 0 fully saturated rings. The van der Waals surface area contributed by atoms with E-state index in [2.05, 4.69) is 10.6 Å². The molecule has 0 saturated carbocycles. The van der Waals surface area contributed by atoms with Gasteiger partial charge in [-0.25, -0.2) is 4.79 Å². The van der Waals surface area contributed by atoms with Crippen LogP contribution >= 0.6 is 0 Å². The van der Waals surface area contributed by atoms with Crippen LogP contribution in [0.15, 0.2) is 65.3 Å². The van der Waals surface area contributed by atoms with Gasteiger partial charge in [0, 0.05) is 11.4 Å². The van der Waals surface area contributed by atoms with Crippen LogP contribution in [0.1, 0.15) is 34.2 Å². The predicted molar refractivity (Wildman–Crippen MR) is 112 cm³/mol. The molecule has 0 aliphatic rings. The lowest BCUT2D eigenvalue weighted by atomic mass is 10.1. The minimum absolute atomic E-state index is 0.352. The number of esters is 1. The molecular weight excluding hydrogens is 368 g/mol. The third-order valence-corrected chi connectivity index (χ3v) is 4.47. The van der Waals surface area contributed by atoms with Crippen LogP contribution in [0.4, 0.5) is 11.4 Å². The lowest BCUT2D eigenvalue weighted by Crippen LogP contribution is -2.30. The van der Waals surface area contributed by atoms with Gasteiger partial charge in [0.25, 0.3) is 5.91 Å². The first-order chi connectivity index (χ1) is 13.9. The van der Waals surface area contributed by atoms with Crippen molar-refractivity contribution in [3.8, 4) is 0 Å². The van der Waals surface area contributed by atoms with Gasteiger partial charge in [-0.15, -0.1) is 0 Å². The van der Waals surface area contributed by atoms with Crippen molar-refractivity contribution in [2.75, 3.05) is 10.6 Å². The molecule has 0 aliphatic carbocycles. The van der Waals surface area contributed by atoms with Gasteiger partial charge in [-0.3, -0.25) is 4.79 Å². The first kappa shape index (κ1) is 20.2. The maximum atomic E-state index is 12.6. The van der Waals surface area contributed by atoms with Gasteiger partial charge in [0.05, 0.1) is 18.4 Å². The number of hydrogen-bond donors (Lipinski definition) is 2. The van der Waals surface area contributed by atoms with Crippen molar-refractivity contribution >= 4 is 23.3 Å². The molecule has 0 unspecified atom stereocenters. The molecule has 150 valence electrons. The van der Waals surface area contributed by atoms with Gasteiger partial charge >= 0.3 is 5.97 Å². The number of hydrogen-bond acceptors (Lipinski definition) is 5. The number of para-hydroxylation sites is 1. The summed E-state index contributed by atoms with van der Waals surface area (Å²) in [6.45, 7) is 5.89.